The Morgan fingerprint density at radius 2 is 2.22 bits per heavy atom. The first kappa shape index (κ1) is 13.4. The van der Waals surface area contributed by atoms with E-state index in [4.69, 9.17) is 10.5 Å². The Labute approximate surface area is 110 Å². The predicted octanol–water partition coefficient (Wildman–Crippen LogP) is 2.44. The summed E-state index contributed by atoms with van der Waals surface area (Å²) in [5.74, 6) is 0. The Morgan fingerprint density at radius 1 is 1.33 bits per heavy atom. The number of fused-ring (bicyclic) bond motifs is 1. The minimum Gasteiger partial charge on any atom is -0.398 e. The van der Waals surface area contributed by atoms with Crippen molar-refractivity contribution in [3.8, 4) is 0 Å². The van der Waals surface area contributed by atoms with Crippen LogP contribution in [0.2, 0.25) is 0 Å². The van der Waals surface area contributed by atoms with E-state index in [1.807, 2.05) is 6.07 Å². The van der Waals surface area contributed by atoms with Gasteiger partial charge in [0, 0.05) is 31.9 Å². The molecule has 0 spiro atoms. The van der Waals surface area contributed by atoms with Crippen LogP contribution in [0.5, 0.6) is 0 Å². The van der Waals surface area contributed by atoms with Crippen molar-refractivity contribution in [2.75, 3.05) is 32.0 Å². The summed E-state index contributed by atoms with van der Waals surface area (Å²) in [6.07, 6.45) is 3.44. The van der Waals surface area contributed by atoms with Gasteiger partial charge in [-0.05, 0) is 30.0 Å². The van der Waals surface area contributed by atoms with Gasteiger partial charge in [0.05, 0.1) is 6.61 Å². The van der Waals surface area contributed by atoms with Crippen LogP contribution in [-0.2, 0) is 17.7 Å². The number of hydrogen-bond donors (Lipinski definition) is 1. The average Bonchev–Trinajstić information content (AvgIpc) is 2.39. The normalized spacial score (nSPS) is 15.6. The van der Waals surface area contributed by atoms with Crippen LogP contribution in [0.25, 0.3) is 0 Å². The van der Waals surface area contributed by atoms with Crippen LogP contribution < -0.4 is 5.73 Å². The molecule has 100 valence electrons. The number of benzene rings is 1. The SMILES string of the molecule is CCCCOCCN1CCc2c(N)cccc2C1. The van der Waals surface area contributed by atoms with E-state index in [-0.39, 0.29) is 0 Å². The second-order valence-electron chi connectivity index (χ2n) is 4.98. The minimum absolute atomic E-state index is 0.845. The van der Waals surface area contributed by atoms with E-state index in [2.05, 4.69) is 24.0 Å². The molecule has 0 aliphatic carbocycles. The number of rotatable bonds is 6. The fourth-order valence-corrected chi connectivity index (χ4v) is 2.43. The molecule has 0 aromatic heterocycles. The number of nitrogen functional groups attached to an aromatic ring is 1. The van der Waals surface area contributed by atoms with E-state index in [0.29, 0.717) is 0 Å². The Balaban J connectivity index is 1.78. The summed E-state index contributed by atoms with van der Waals surface area (Å²) in [6.45, 7) is 7.06. The fourth-order valence-electron chi connectivity index (χ4n) is 2.43. The summed E-state index contributed by atoms with van der Waals surface area (Å²) in [6, 6.07) is 6.24. The van der Waals surface area contributed by atoms with Crippen LogP contribution in [-0.4, -0.2) is 31.2 Å². The Morgan fingerprint density at radius 3 is 3.06 bits per heavy atom. The molecule has 0 saturated heterocycles. The first-order valence-electron chi connectivity index (χ1n) is 6.97. The van der Waals surface area contributed by atoms with E-state index in [1.165, 1.54) is 24.0 Å². The molecule has 0 radical (unpaired) electrons. The van der Waals surface area contributed by atoms with Crippen LogP contribution in [0, 0.1) is 0 Å². The molecule has 0 bridgehead atoms. The van der Waals surface area contributed by atoms with Gasteiger partial charge in [0.2, 0.25) is 0 Å². The van der Waals surface area contributed by atoms with E-state index in [0.717, 1.165) is 45.0 Å². The topological polar surface area (TPSA) is 38.5 Å². The Hall–Kier alpha value is -1.06. The van der Waals surface area contributed by atoms with Crippen LogP contribution >= 0.6 is 0 Å². The van der Waals surface area contributed by atoms with Crippen molar-refractivity contribution in [3.63, 3.8) is 0 Å². The number of nitrogens with zero attached hydrogens (tertiary/aromatic N) is 1. The summed E-state index contributed by atoms with van der Waals surface area (Å²) in [5, 5.41) is 0. The number of nitrogens with two attached hydrogens (primary N) is 1. The standard InChI is InChI=1S/C15H24N2O/c1-2-3-10-18-11-9-17-8-7-14-13(12-17)5-4-6-15(14)16/h4-6H,2-3,7-12,16H2,1H3. The molecule has 1 aliphatic rings. The third-order valence-electron chi connectivity index (χ3n) is 3.58. The van der Waals surface area contributed by atoms with Crippen molar-refractivity contribution in [2.24, 2.45) is 0 Å². The molecule has 0 atom stereocenters. The third-order valence-corrected chi connectivity index (χ3v) is 3.58. The smallest absolute Gasteiger partial charge is 0.0593 e. The van der Waals surface area contributed by atoms with Gasteiger partial charge in [-0.25, -0.2) is 0 Å². The third kappa shape index (κ3) is 3.47. The van der Waals surface area contributed by atoms with Crippen molar-refractivity contribution in [1.29, 1.82) is 0 Å². The number of unbranched alkanes of at least 4 members (excludes halogenated alkanes) is 1. The van der Waals surface area contributed by atoms with Gasteiger partial charge in [0.1, 0.15) is 0 Å². The van der Waals surface area contributed by atoms with E-state index in [1.54, 1.807) is 0 Å². The molecular weight excluding hydrogens is 224 g/mol. The molecule has 1 heterocycles. The maximum atomic E-state index is 6.00. The largest absolute Gasteiger partial charge is 0.398 e. The molecule has 1 aromatic carbocycles. The van der Waals surface area contributed by atoms with Crippen molar-refractivity contribution < 1.29 is 4.74 Å². The Bertz CT molecular complexity index is 379. The van der Waals surface area contributed by atoms with E-state index < -0.39 is 0 Å². The summed E-state index contributed by atoms with van der Waals surface area (Å²) in [5.41, 5.74) is 9.68. The number of ether oxygens (including phenoxy) is 1. The summed E-state index contributed by atoms with van der Waals surface area (Å²) >= 11 is 0. The van der Waals surface area contributed by atoms with Gasteiger partial charge in [-0.15, -0.1) is 0 Å². The number of anilines is 1. The molecule has 0 saturated carbocycles. The maximum absolute atomic E-state index is 6.00. The molecule has 2 rings (SSSR count). The molecule has 18 heavy (non-hydrogen) atoms. The highest BCUT2D eigenvalue weighted by atomic mass is 16.5. The summed E-state index contributed by atoms with van der Waals surface area (Å²) < 4.78 is 5.62. The molecule has 0 unspecified atom stereocenters. The molecule has 0 fully saturated rings. The Kier molecular flexibility index (Phi) is 5.02. The van der Waals surface area contributed by atoms with E-state index >= 15 is 0 Å². The number of hydrogen-bond acceptors (Lipinski definition) is 3. The summed E-state index contributed by atoms with van der Waals surface area (Å²) in [7, 11) is 0. The first-order valence-corrected chi connectivity index (χ1v) is 6.97. The van der Waals surface area contributed by atoms with Gasteiger partial charge in [0.15, 0.2) is 0 Å². The minimum atomic E-state index is 0.845. The first-order chi connectivity index (χ1) is 8.81. The lowest BCUT2D eigenvalue weighted by atomic mass is 9.98. The van der Waals surface area contributed by atoms with Crippen LogP contribution in [0.4, 0.5) is 5.69 Å². The van der Waals surface area contributed by atoms with Gasteiger partial charge in [-0.3, -0.25) is 4.90 Å². The van der Waals surface area contributed by atoms with Gasteiger partial charge < -0.3 is 10.5 Å². The highest BCUT2D eigenvalue weighted by molar-refractivity contribution is 5.51. The monoisotopic (exact) mass is 248 g/mol. The van der Waals surface area contributed by atoms with Crippen LogP contribution in [0.15, 0.2) is 18.2 Å². The lowest BCUT2D eigenvalue weighted by Crippen LogP contribution is -2.33. The van der Waals surface area contributed by atoms with Crippen molar-refractivity contribution in [2.45, 2.75) is 32.7 Å². The van der Waals surface area contributed by atoms with Crippen molar-refractivity contribution in [1.82, 2.24) is 4.90 Å². The molecule has 1 aromatic rings. The molecule has 3 nitrogen and oxygen atoms in total. The highest BCUT2D eigenvalue weighted by Gasteiger charge is 2.17. The van der Waals surface area contributed by atoms with Gasteiger partial charge in [-0.2, -0.15) is 0 Å². The highest BCUT2D eigenvalue weighted by Crippen LogP contribution is 2.23. The zero-order valence-corrected chi connectivity index (χ0v) is 11.3. The zero-order chi connectivity index (χ0) is 12.8. The summed E-state index contributed by atoms with van der Waals surface area (Å²) in [4.78, 5) is 2.45. The van der Waals surface area contributed by atoms with E-state index in [9.17, 15) is 0 Å². The predicted molar refractivity (Wildman–Crippen MR) is 75.6 cm³/mol. The van der Waals surface area contributed by atoms with Gasteiger partial charge >= 0.3 is 0 Å². The molecule has 3 heteroatoms. The van der Waals surface area contributed by atoms with Gasteiger partial charge in [-0.1, -0.05) is 25.5 Å². The van der Waals surface area contributed by atoms with Crippen LogP contribution in [0.1, 0.15) is 30.9 Å². The fraction of sp³-hybridized carbons (Fsp3) is 0.600. The molecule has 0 amide bonds. The van der Waals surface area contributed by atoms with Gasteiger partial charge in [0.25, 0.3) is 0 Å². The second-order valence-corrected chi connectivity index (χ2v) is 4.98. The lowest BCUT2D eigenvalue weighted by Gasteiger charge is -2.29. The van der Waals surface area contributed by atoms with Crippen molar-refractivity contribution >= 4 is 5.69 Å². The zero-order valence-electron chi connectivity index (χ0n) is 11.3. The molecular formula is C15H24N2O. The quantitative estimate of drug-likeness (QED) is 0.621. The second kappa shape index (κ2) is 6.76. The van der Waals surface area contributed by atoms with Crippen molar-refractivity contribution in [3.05, 3.63) is 29.3 Å². The average molecular weight is 248 g/mol. The maximum Gasteiger partial charge on any atom is 0.0593 e. The molecule has 2 N–H and O–H groups in total. The lowest BCUT2D eigenvalue weighted by molar-refractivity contribution is 0.0973. The molecule has 1 aliphatic heterocycles. The van der Waals surface area contributed by atoms with Crippen LogP contribution in [0.3, 0.4) is 0 Å².